The second-order valence-corrected chi connectivity index (χ2v) is 6.74. The molecule has 0 saturated carbocycles. The van der Waals surface area contributed by atoms with Gasteiger partial charge in [0.15, 0.2) is 0 Å². The summed E-state index contributed by atoms with van der Waals surface area (Å²) in [6.45, 7) is 10.0. The maximum Gasteiger partial charge on any atom is 0.408 e. The van der Waals surface area contributed by atoms with E-state index in [1.165, 1.54) is 0 Å². The summed E-state index contributed by atoms with van der Waals surface area (Å²) in [5, 5.41) is 2.41. The van der Waals surface area contributed by atoms with E-state index < -0.39 is 23.6 Å². The number of carbonyl (C=O) groups excluding carboxylic acids is 2. The fourth-order valence-corrected chi connectivity index (χ4v) is 1.93. The average Bonchev–Trinajstić information content (AvgIpc) is 2.53. The number of ether oxygens (including phenoxy) is 3. The first-order chi connectivity index (χ1) is 12.2. The molecule has 0 spiro atoms. The second kappa shape index (κ2) is 10.6. The molecule has 0 aliphatic carbocycles. The summed E-state index contributed by atoms with van der Waals surface area (Å²) in [4.78, 5) is 23.2. The minimum absolute atomic E-state index is 0.0429. The maximum absolute atomic E-state index is 11.7. The summed E-state index contributed by atoms with van der Waals surface area (Å²) in [6, 6.07) is 6.73. The molecule has 2 amide bonds. The summed E-state index contributed by atoms with van der Waals surface area (Å²) in [7, 11) is 0. The number of rotatable bonds is 10. The molecule has 1 rings (SSSR count). The number of primary amides is 1. The van der Waals surface area contributed by atoms with Crippen molar-refractivity contribution in [1.29, 1.82) is 0 Å². The monoisotopic (exact) mass is 364 g/mol. The van der Waals surface area contributed by atoms with Gasteiger partial charge in [0.05, 0.1) is 26.4 Å². The van der Waals surface area contributed by atoms with Crippen LogP contribution in [-0.2, 0) is 32.2 Å². The number of nitrogens with one attached hydrogen (secondary N) is 1. The summed E-state index contributed by atoms with van der Waals surface area (Å²) in [5.41, 5.74) is 6.60. The maximum atomic E-state index is 11.7. The van der Waals surface area contributed by atoms with Gasteiger partial charge in [-0.1, -0.05) is 30.3 Å². The van der Waals surface area contributed by atoms with Crippen LogP contribution >= 0.6 is 0 Å². The molecule has 0 aromatic heterocycles. The molecule has 0 unspecified atom stereocenters. The van der Waals surface area contributed by atoms with Crippen molar-refractivity contribution in [2.45, 2.75) is 45.6 Å². The number of benzene rings is 1. The van der Waals surface area contributed by atoms with E-state index in [1.54, 1.807) is 26.8 Å². The zero-order valence-corrected chi connectivity index (χ0v) is 15.6. The fourth-order valence-electron chi connectivity index (χ4n) is 1.93. The Hall–Kier alpha value is -2.38. The molecule has 0 fully saturated rings. The highest BCUT2D eigenvalue weighted by Crippen LogP contribution is 2.09. The number of nitrogens with two attached hydrogens (primary N) is 1. The Morgan fingerprint density at radius 2 is 1.69 bits per heavy atom. The normalized spacial score (nSPS) is 12.3. The molecule has 1 aromatic carbocycles. The SMILES string of the molecule is C=CCOCc1ccc(COC[C@H](NC(=O)OC(C)(C)C)C(N)=O)cc1. The Labute approximate surface area is 154 Å². The molecular weight excluding hydrogens is 336 g/mol. The van der Waals surface area contributed by atoms with Crippen LogP contribution in [0.3, 0.4) is 0 Å². The Bertz CT molecular complexity index is 593. The van der Waals surface area contributed by atoms with Crippen LogP contribution in [0.2, 0.25) is 0 Å². The van der Waals surface area contributed by atoms with Crippen LogP contribution in [0, 0.1) is 0 Å². The van der Waals surface area contributed by atoms with Crippen molar-refractivity contribution in [1.82, 2.24) is 5.32 Å². The molecule has 144 valence electrons. The van der Waals surface area contributed by atoms with Crippen molar-refractivity contribution in [3.63, 3.8) is 0 Å². The molecular formula is C19H28N2O5. The van der Waals surface area contributed by atoms with E-state index in [1.807, 2.05) is 24.3 Å². The van der Waals surface area contributed by atoms with Crippen molar-refractivity contribution in [2.75, 3.05) is 13.2 Å². The van der Waals surface area contributed by atoms with E-state index in [0.717, 1.165) is 11.1 Å². The number of alkyl carbamates (subject to hydrolysis) is 1. The van der Waals surface area contributed by atoms with Gasteiger partial charge in [-0.2, -0.15) is 0 Å². The predicted octanol–water partition coefficient (Wildman–Crippen LogP) is 2.28. The average molecular weight is 364 g/mol. The highest BCUT2D eigenvalue weighted by Gasteiger charge is 2.22. The topological polar surface area (TPSA) is 99.9 Å². The van der Waals surface area contributed by atoms with Gasteiger partial charge >= 0.3 is 6.09 Å². The van der Waals surface area contributed by atoms with E-state index in [9.17, 15) is 9.59 Å². The first-order valence-electron chi connectivity index (χ1n) is 8.34. The largest absolute Gasteiger partial charge is 0.444 e. The number of hydrogen-bond donors (Lipinski definition) is 2. The molecule has 3 N–H and O–H groups in total. The van der Waals surface area contributed by atoms with E-state index in [4.69, 9.17) is 19.9 Å². The highest BCUT2D eigenvalue weighted by molar-refractivity contribution is 5.84. The summed E-state index contributed by atoms with van der Waals surface area (Å²) < 4.78 is 16.0. The van der Waals surface area contributed by atoms with Crippen LogP contribution in [0.5, 0.6) is 0 Å². The van der Waals surface area contributed by atoms with Crippen LogP contribution in [0.1, 0.15) is 31.9 Å². The lowest BCUT2D eigenvalue weighted by atomic mass is 10.1. The van der Waals surface area contributed by atoms with Gasteiger partial charge in [-0.25, -0.2) is 4.79 Å². The standard InChI is InChI=1S/C19H28N2O5/c1-5-10-24-11-14-6-8-15(9-7-14)12-25-13-16(17(20)22)21-18(23)26-19(2,3)4/h5-9,16H,1,10-13H2,2-4H3,(H2,20,22)(H,21,23)/t16-/m0/s1. The van der Waals surface area contributed by atoms with Crippen molar-refractivity contribution < 1.29 is 23.8 Å². The van der Waals surface area contributed by atoms with Gasteiger partial charge in [0.25, 0.3) is 0 Å². The molecule has 26 heavy (non-hydrogen) atoms. The summed E-state index contributed by atoms with van der Waals surface area (Å²) >= 11 is 0. The van der Waals surface area contributed by atoms with Crippen molar-refractivity contribution >= 4 is 12.0 Å². The first kappa shape index (κ1) is 21.7. The molecule has 0 aliphatic heterocycles. The van der Waals surface area contributed by atoms with Crippen LogP contribution in [0.15, 0.2) is 36.9 Å². The zero-order chi connectivity index (χ0) is 19.6. The molecule has 1 aromatic rings. The molecule has 0 bridgehead atoms. The minimum atomic E-state index is -0.962. The Balaban J connectivity index is 2.43. The molecule has 7 heteroatoms. The molecule has 7 nitrogen and oxygen atoms in total. The lowest BCUT2D eigenvalue weighted by Gasteiger charge is -2.22. The van der Waals surface area contributed by atoms with Crippen LogP contribution < -0.4 is 11.1 Å². The van der Waals surface area contributed by atoms with Gasteiger partial charge in [0, 0.05) is 0 Å². The van der Waals surface area contributed by atoms with Crippen LogP contribution in [0.25, 0.3) is 0 Å². The van der Waals surface area contributed by atoms with Gasteiger partial charge in [-0.3, -0.25) is 4.79 Å². The van der Waals surface area contributed by atoms with Gasteiger partial charge in [0.1, 0.15) is 11.6 Å². The molecule has 0 saturated heterocycles. The van der Waals surface area contributed by atoms with Gasteiger partial charge in [-0.15, -0.1) is 6.58 Å². The van der Waals surface area contributed by atoms with E-state index in [0.29, 0.717) is 13.2 Å². The van der Waals surface area contributed by atoms with Gasteiger partial charge < -0.3 is 25.3 Å². The minimum Gasteiger partial charge on any atom is -0.444 e. The third-order valence-corrected chi connectivity index (χ3v) is 3.12. The van der Waals surface area contributed by atoms with Crippen LogP contribution in [0.4, 0.5) is 4.79 Å². The van der Waals surface area contributed by atoms with E-state index >= 15 is 0 Å². The molecule has 0 radical (unpaired) electrons. The van der Waals surface area contributed by atoms with E-state index in [2.05, 4.69) is 11.9 Å². The predicted molar refractivity (Wildman–Crippen MR) is 98.3 cm³/mol. The molecule has 0 aliphatic rings. The second-order valence-electron chi connectivity index (χ2n) is 6.74. The number of amides is 2. The third-order valence-electron chi connectivity index (χ3n) is 3.12. The third kappa shape index (κ3) is 9.19. The summed E-state index contributed by atoms with van der Waals surface area (Å²) in [6.07, 6.45) is 0.983. The number of carbonyl (C=O) groups is 2. The smallest absolute Gasteiger partial charge is 0.408 e. The van der Waals surface area contributed by atoms with Crippen molar-refractivity contribution in [3.05, 3.63) is 48.0 Å². The van der Waals surface area contributed by atoms with Gasteiger partial charge in [-0.05, 0) is 31.9 Å². The highest BCUT2D eigenvalue weighted by atomic mass is 16.6. The van der Waals surface area contributed by atoms with Gasteiger partial charge in [0.2, 0.25) is 5.91 Å². The molecule has 0 heterocycles. The van der Waals surface area contributed by atoms with Crippen LogP contribution in [-0.4, -0.2) is 36.9 Å². The number of hydrogen-bond acceptors (Lipinski definition) is 5. The summed E-state index contributed by atoms with van der Waals surface area (Å²) in [5.74, 6) is -0.689. The quantitative estimate of drug-likeness (QED) is 0.490. The lowest BCUT2D eigenvalue weighted by Crippen LogP contribution is -2.48. The Morgan fingerprint density at radius 1 is 1.15 bits per heavy atom. The van der Waals surface area contributed by atoms with E-state index in [-0.39, 0.29) is 13.2 Å². The Kier molecular flexibility index (Phi) is 8.81. The van der Waals surface area contributed by atoms with Crippen molar-refractivity contribution in [2.24, 2.45) is 5.73 Å². The Morgan fingerprint density at radius 3 is 2.15 bits per heavy atom. The van der Waals surface area contributed by atoms with Crippen molar-refractivity contribution in [3.8, 4) is 0 Å². The molecule has 1 atom stereocenters. The fraction of sp³-hybridized carbons (Fsp3) is 0.474. The lowest BCUT2D eigenvalue weighted by molar-refractivity contribution is -0.121. The zero-order valence-electron chi connectivity index (χ0n) is 15.6. The first-order valence-corrected chi connectivity index (χ1v) is 8.34.